The van der Waals surface area contributed by atoms with Gasteiger partial charge in [-0.1, -0.05) is 6.92 Å². The first-order chi connectivity index (χ1) is 9.06. The van der Waals surface area contributed by atoms with Crippen LogP contribution in [-0.4, -0.2) is 29.4 Å². The Morgan fingerprint density at radius 3 is 2.95 bits per heavy atom. The molecule has 2 atom stereocenters. The number of carbonyl (C=O) groups is 1. The van der Waals surface area contributed by atoms with E-state index in [4.69, 9.17) is 5.73 Å². The number of amides is 1. The molecule has 1 aliphatic rings. The predicted molar refractivity (Wildman–Crippen MR) is 76.9 cm³/mol. The summed E-state index contributed by atoms with van der Waals surface area (Å²) >= 11 is 0. The molecule has 100 valence electrons. The van der Waals surface area contributed by atoms with Crippen molar-refractivity contribution in [1.29, 1.82) is 0 Å². The second-order valence-corrected chi connectivity index (χ2v) is 5.67. The number of nitrogens with one attached hydrogen (secondary N) is 1. The molecular weight excluding hydrogens is 238 g/mol. The number of H-pyrrole nitrogens is 1. The fourth-order valence-corrected chi connectivity index (χ4v) is 2.61. The summed E-state index contributed by atoms with van der Waals surface area (Å²) in [5, 5.41) is 0.940. The Labute approximate surface area is 112 Å². The first-order valence-corrected chi connectivity index (χ1v) is 6.68. The lowest BCUT2D eigenvalue weighted by molar-refractivity contribution is 0.0789. The summed E-state index contributed by atoms with van der Waals surface area (Å²) in [5.74, 6) is 1.52. The van der Waals surface area contributed by atoms with E-state index in [1.165, 1.54) is 6.42 Å². The van der Waals surface area contributed by atoms with Crippen LogP contribution in [-0.2, 0) is 0 Å². The number of hydrogen-bond acceptors (Lipinski definition) is 2. The van der Waals surface area contributed by atoms with Gasteiger partial charge < -0.3 is 15.6 Å². The van der Waals surface area contributed by atoms with Crippen molar-refractivity contribution in [3.63, 3.8) is 0 Å². The number of aromatic amines is 1. The Balaban J connectivity index is 1.84. The van der Waals surface area contributed by atoms with Gasteiger partial charge in [0.15, 0.2) is 0 Å². The Kier molecular flexibility index (Phi) is 2.73. The highest BCUT2D eigenvalue weighted by atomic mass is 16.2. The van der Waals surface area contributed by atoms with Gasteiger partial charge in [-0.2, -0.15) is 0 Å². The molecule has 1 aromatic heterocycles. The largest absolute Gasteiger partial charge is 0.399 e. The number of anilines is 1. The normalized spacial score (nSPS) is 21.6. The van der Waals surface area contributed by atoms with Crippen LogP contribution >= 0.6 is 0 Å². The van der Waals surface area contributed by atoms with Gasteiger partial charge in [0, 0.05) is 36.4 Å². The minimum atomic E-state index is 0.0788. The van der Waals surface area contributed by atoms with E-state index in [0.717, 1.165) is 28.9 Å². The van der Waals surface area contributed by atoms with Gasteiger partial charge in [-0.05, 0) is 36.5 Å². The van der Waals surface area contributed by atoms with Crippen LogP contribution in [0, 0.1) is 11.8 Å². The molecule has 1 saturated carbocycles. The third kappa shape index (κ3) is 2.18. The lowest BCUT2D eigenvalue weighted by atomic mass is 10.1. The van der Waals surface area contributed by atoms with Crippen LogP contribution in [0.2, 0.25) is 0 Å². The van der Waals surface area contributed by atoms with E-state index in [9.17, 15) is 4.79 Å². The number of nitrogens with zero attached hydrogens (tertiary/aromatic N) is 1. The Bertz CT molecular complexity index is 631. The molecule has 1 amide bonds. The van der Waals surface area contributed by atoms with Crippen molar-refractivity contribution in [2.45, 2.75) is 13.3 Å². The van der Waals surface area contributed by atoms with Gasteiger partial charge in [0.1, 0.15) is 0 Å². The van der Waals surface area contributed by atoms with E-state index < -0.39 is 0 Å². The van der Waals surface area contributed by atoms with Crippen molar-refractivity contribution < 1.29 is 4.79 Å². The minimum Gasteiger partial charge on any atom is -0.399 e. The van der Waals surface area contributed by atoms with E-state index in [2.05, 4.69) is 11.9 Å². The van der Waals surface area contributed by atoms with Crippen molar-refractivity contribution in [2.24, 2.45) is 11.8 Å². The first-order valence-electron chi connectivity index (χ1n) is 6.68. The van der Waals surface area contributed by atoms with Crippen LogP contribution < -0.4 is 5.73 Å². The highest BCUT2D eigenvalue weighted by Gasteiger charge is 2.34. The molecule has 1 aromatic carbocycles. The van der Waals surface area contributed by atoms with Gasteiger partial charge >= 0.3 is 0 Å². The van der Waals surface area contributed by atoms with Gasteiger partial charge in [-0.15, -0.1) is 0 Å². The SMILES string of the molecule is CC1CC1CN(C)C(=O)c1c[nH]c2cc(N)ccc12. The first kappa shape index (κ1) is 12.1. The summed E-state index contributed by atoms with van der Waals surface area (Å²) in [4.78, 5) is 17.4. The molecule has 2 aromatic rings. The second kappa shape index (κ2) is 4.30. The molecule has 2 unspecified atom stereocenters. The summed E-state index contributed by atoms with van der Waals surface area (Å²) in [6.45, 7) is 3.08. The van der Waals surface area contributed by atoms with Gasteiger partial charge in [0.05, 0.1) is 5.56 Å². The second-order valence-electron chi connectivity index (χ2n) is 5.67. The molecule has 0 radical (unpaired) electrons. The van der Waals surface area contributed by atoms with Crippen LogP contribution in [0.3, 0.4) is 0 Å². The van der Waals surface area contributed by atoms with Crippen LogP contribution in [0.1, 0.15) is 23.7 Å². The fourth-order valence-electron chi connectivity index (χ4n) is 2.61. The summed E-state index contributed by atoms with van der Waals surface area (Å²) < 4.78 is 0. The van der Waals surface area contributed by atoms with Gasteiger partial charge in [-0.25, -0.2) is 0 Å². The lowest BCUT2D eigenvalue weighted by Crippen LogP contribution is -2.28. The van der Waals surface area contributed by atoms with Crippen molar-refractivity contribution in [2.75, 3.05) is 19.3 Å². The molecule has 4 nitrogen and oxygen atoms in total. The van der Waals surface area contributed by atoms with Crippen LogP contribution in [0.4, 0.5) is 5.69 Å². The zero-order valence-corrected chi connectivity index (χ0v) is 11.3. The standard InChI is InChI=1S/C15H19N3O/c1-9-5-10(9)8-18(2)15(19)13-7-17-14-6-11(16)3-4-12(13)14/h3-4,6-7,9-10,17H,5,8,16H2,1-2H3. The van der Waals surface area contributed by atoms with E-state index in [1.807, 2.05) is 30.1 Å². The molecule has 0 saturated heterocycles. The van der Waals surface area contributed by atoms with Gasteiger partial charge in [-0.3, -0.25) is 4.79 Å². The topological polar surface area (TPSA) is 62.1 Å². The molecule has 4 heteroatoms. The van der Waals surface area contributed by atoms with E-state index in [-0.39, 0.29) is 5.91 Å². The summed E-state index contributed by atoms with van der Waals surface area (Å²) in [6.07, 6.45) is 3.02. The van der Waals surface area contributed by atoms with Crippen LogP contribution in [0.5, 0.6) is 0 Å². The lowest BCUT2D eigenvalue weighted by Gasteiger charge is -2.16. The van der Waals surface area contributed by atoms with Crippen molar-refractivity contribution in [1.82, 2.24) is 9.88 Å². The molecular formula is C15H19N3O. The number of hydrogen-bond donors (Lipinski definition) is 2. The number of aromatic nitrogens is 1. The number of fused-ring (bicyclic) bond motifs is 1. The molecule has 3 rings (SSSR count). The van der Waals surface area contributed by atoms with Crippen LogP contribution in [0.15, 0.2) is 24.4 Å². The van der Waals surface area contributed by atoms with E-state index in [0.29, 0.717) is 11.6 Å². The molecule has 1 fully saturated rings. The average Bonchev–Trinajstić information content (AvgIpc) is 2.90. The molecule has 3 N–H and O–H groups in total. The van der Waals surface area contributed by atoms with E-state index >= 15 is 0 Å². The minimum absolute atomic E-state index is 0.0788. The Morgan fingerprint density at radius 2 is 2.26 bits per heavy atom. The van der Waals surface area contributed by atoms with Gasteiger partial charge in [0.25, 0.3) is 5.91 Å². The molecule has 0 spiro atoms. The molecule has 1 aliphatic carbocycles. The highest BCUT2D eigenvalue weighted by molar-refractivity contribution is 6.07. The quantitative estimate of drug-likeness (QED) is 0.830. The van der Waals surface area contributed by atoms with Crippen molar-refractivity contribution in [3.8, 4) is 0 Å². The summed E-state index contributed by atoms with van der Waals surface area (Å²) in [5.41, 5.74) is 8.09. The smallest absolute Gasteiger partial charge is 0.255 e. The number of rotatable bonds is 3. The van der Waals surface area contributed by atoms with E-state index in [1.54, 1.807) is 6.20 Å². The zero-order valence-electron chi connectivity index (χ0n) is 11.3. The average molecular weight is 257 g/mol. The molecule has 0 aliphatic heterocycles. The fraction of sp³-hybridized carbons (Fsp3) is 0.400. The summed E-state index contributed by atoms with van der Waals surface area (Å²) in [7, 11) is 1.88. The molecule has 1 heterocycles. The van der Waals surface area contributed by atoms with Crippen LogP contribution in [0.25, 0.3) is 10.9 Å². The Hall–Kier alpha value is -1.97. The summed E-state index contributed by atoms with van der Waals surface area (Å²) in [6, 6.07) is 5.59. The molecule has 0 bridgehead atoms. The molecule has 19 heavy (non-hydrogen) atoms. The van der Waals surface area contributed by atoms with Gasteiger partial charge in [0.2, 0.25) is 0 Å². The van der Waals surface area contributed by atoms with Crippen molar-refractivity contribution >= 4 is 22.5 Å². The maximum absolute atomic E-state index is 12.4. The zero-order chi connectivity index (χ0) is 13.6. The maximum atomic E-state index is 12.4. The number of benzene rings is 1. The highest BCUT2D eigenvalue weighted by Crippen LogP contribution is 2.38. The predicted octanol–water partition coefficient (Wildman–Crippen LogP) is 2.48. The number of nitrogen functional groups attached to an aromatic ring is 1. The number of carbonyl (C=O) groups excluding carboxylic acids is 1. The van der Waals surface area contributed by atoms with Crippen molar-refractivity contribution in [3.05, 3.63) is 30.0 Å². The third-order valence-corrected chi connectivity index (χ3v) is 4.07. The third-order valence-electron chi connectivity index (χ3n) is 4.07. The number of nitrogens with two attached hydrogens (primary N) is 1. The monoisotopic (exact) mass is 257 g/mol. The maximum Gasteiger partial charge on any atom is 0.255 e. The Morgan fingerprint density at radius 1 is 1.53 bits per heavy atom.